The average molecular weight is 701 g/mol. The van der Waals surface area contributed by atoms with Gasteiger partial charge >= 0.3 is 0 Å². The number of rotatable bonds is 7. The van der Waals surface area contributed by atoms with Crippen molar-refractivity contribution in [3.8, 4) is 67.3 Å². The summed E-state index contributed by atoms with van der Waals surface area (Å²) in [6, 6.07) is 78.2. The summed E-state index contributed by atoms with van der Waals surface area (Å²) < 4.78 is 0. The Labute approximate surface area is 322 Å². The van der Waals surface area contributed by atoms with E-state index >= 15 is 0 Å². The molecule has 0 aliphatic heterocycles. The van der Waals surface area contributed by atoms with E-state index in [0.29, 0.717) is 5.82 Å². The zero-order valence-electron chi connectivity index (χ0n) is 30.2. The first-order chi connectivity index (χ1) is 27.3. The van der Waals surface area contributed by atoms with Crippen molar-refractivity contribution in [1.29, 1.82) is 0 Å². The number of fused-ring (bicyclic) bond motifs is 3. The van der Waals surface area contributed by atoms with Gasteiger partial charge in [0.1, 0.15) is 0 Å². The van der Waals surface area contributed by atoms with Gasteiger partial charge in [-0.05, 0) is 73.8 Å². The molecule has 0 saturated carbocycles. The molecule has 0 bridgehead atoms. The molecule has 0 spiro atoms. The molecule has 0 saturated heterocycles. The van der Waals surface area contributed by atoms with Gasteiger partial charge in [0, 0.05) is 16.7 Å². The van der Waals surface area contributed by atoms with E-state index in [9.17, 15) is 0 Å². The molecule has 0 N–H and O–H groups in total. The molecule has 258 valence electrons. The lowest BCUT2D eigenvalue weighted by molar-refractivity contribution is 0.769. The molecule has 0 amide bonds. The van der Waals surface area contributed by atoms with Crippen molar-refractivity contribution >= 4 is 0 Å². The molecule has 1 aliphatic carbocycles. The fraction of sp³-hybridized carbons (Fsp3) is 0.0189. The second-order valence-corrected chi connectivity index (χ2v) is 14.1. The first-order valence-electron chi connectivity index (χ1n) is 18.8. The maximum atomic E-state index is 5.08. The van der Waals surface area contributed by atoms with E-state index in [1.54, 1.807) is 0 Å². The van der Waals surface area contributed by atoms with Crippen LogP contribution in [0.4, 0.5) is 0 Å². The minimum absolute atomic E-state index is 0.424. The van der Waals surface area contributed by atoms with Gasteiger partial charge in [0.05, 0.1) is 16.8 Å². The highest BCUT2D eigenvalue weighted by atomic mass is 14.9. The van der Waals surface area contributed by atoms with Crippen LogP contribution in [0.1, 0.15) is 22.3 Å². The van der Waals surface area contributed by atoms with E-state index < -0.39 is 5.41 Å². The first-order valence-corrected chi connectivity index (χ1v) is 18.8. The normalized spacial score (nSPS) is 12.5. The van der Waals surface area contributed by atoms with Gasteiger partial charge in [0.25, 0.3) is 0 Å². The Morgan fingerprint density at radius 2 is 0.727 bits per heavy atom. The van der Waals surface area contributed by atoms with Crippen molar-refractivity contribution in [2.24, 2.45) is 0 Å². The van der Waals surface area contributed by atoms with Crippen LogP contribution in [0.2, 0.25) is 0 Å². The van der Waals surface area contributed by atoms with E-state index in [1.807, 2.05) is 36.4 Å². The molecule has 0 atom stereocenters. The number of hydrogen-bond acceptors (Lipinski definition) is 2. The van der Waals surface area contributed by atoms with Gasteiger partial charge in [-0.3, -0.25) is 0 Å². The highest BCUT2D eigenvalue weighted by Crippen LogP contribution is 2.56. The second kappa shape index (κ2) is 13.7. The maximum absolute atomic E-state index is 5.08. The molecule has 55 heavy (non-hydrogen) atoms. The molecule has 9 aromatic rings. The summed E-state index contributed by atoms with van der Waals surface area (Å²) in [5.74, 6) is 0.715. The van der Waals surface area contributed by atoms with Crippen molar-refractivity contribution in [3.63, 3.8) is 0 Å². The molecule has 0 radical (unpaired) electrons. The summed E-state index contributed by atoms with van der Waals surface area (Å²) in [5, 5.41) is 0. The van der Waals surface area contributed by atoms with E-state index in [1.165, 1.54) is 44.5 Å². The van der Waals surface area contributed by atoms with Crippen LogP contribution in [0.3, 0.4) is 0 Å². The Kier molecular flexibility index (Phi) is 8.08. The summed E-state index contributed by atoms with van der Waals surface area (Å²) in [5.41, 5.74) is 16.9. The zero-order chi connectivity index (χ0) is 36.6. The van der Waals surface area contributed by atoms with Crippen molar-refractivity contribution in [2.45, 2.75) is 5.41 Å². The van der Waals surface area contributed by atoms with Gasteiger partial charge in [-0.1, -0.05) is 200 Å². The van der Waals surface area contributed by atoms with Crippen LogP contribution in [-0.4, -0.2) is 9.97 Å². The molecule has 1 aromatic heterocycles. The van der Waals surface area contributed by atoms with Crippen LogP contribution >= 0.6 is 0 Å². The summed E-state index contributed by atoms with van der Waals surface area (Å²) in [6.45, 7) is 0. The highest BCUT2D eigenvalue weighted by Gasteiger charge is 2.46. The molecule has 1 heterocycles. The van der Waals surface area contributed by atoms with E-state index in [-0.39, 0.29) is 0 Å². The third-order valence-electron chi connectivity index (χ3n) is 11.0. The molecular formula is C53H36N2. The maximum Gasteiger partial charge on any atom is 0.160 e. The average Bonchev–Trinajstić information content (AvgIpc) is 3.58. The van der Waals surface area contributed by atoms with Crippen molar-refractivity contribution in [3.05, 3.63) is 241 Å². The van der Waals surface area contributed by atoms with Gasteiger partial charge in [-0.25, -0.2) is 9.97 Å². The predicted molar refractivity (Wildman–Crippen MR) is 227 cm³/mol. The highest BCUT2D eigenvalue weighted by molar-refractivity contribution is 5.88. The smallest absolute Gasteiger partial charge is 0.160 e. The molecule has 10 rings (SSSR count). The summed E-state index contributed by atoms with van der Waals surface area (Å²) in [7, 11) is 0. The van der Waals surface area contributed by atoms with Crippen molar-refractivity contribution < 1.29 is 0 Å². The molecule has 2 heteroatoms. The van der Waals surface area contributed by atoms with Crippen LogP contribution in [0, 0.1) is 0 Å². The minimum atomic E-state index is -0.424. The van der Waals surface area contributed by atoms with Crippen LogP contribution in [-0.2, 0) is 5.41 Å². The van der Waals surface area contributed by atoms with Gasteiger partial charge in [-0.15, -0.1) is 0 Å². The SMILES string of the molecule is c1ccc(-c2cc(-c3cccc(-c4ccc(-c5ccc6c(c5)C(c5ccccc5)(c5ccccc5)c5ccccc5-6)cc4)c3)nc(-c3ccccc3)n2)cc1. The summed E-state index contributed by atoms with van der Waals surface area (Å²) >= 11 is 0. The summed E-state index contributed by atoms with van der Waals surface area (Å²) in [4.78, 5) is 10.1. The predicted octanol–water partition coefficient (Wildman–Crippen LogP) is 13.2. The van der Waals surface area contributed by atoms with Crippen LogP contribution in [0.25, 0.3) is 67.3 Å². The third-order valence-corrected chi connectivity index (χ3v) is 11.0. The minimum Gasteiger partial charge on any atom is -0.228 e. The molecule has 2 nitrogen and oxygen atoms in total. The lowest BCUT2D eigenvalue weighted by Crippen LogP contribution is -2.28. The molecule has 0 fully saturated rings. The van der Waals surface area contributed by atoms with Crippen molar-refractivity contribution in [1.82, 2.24) is 9.97 Å². The topological polar surface area (TPSA) is 25.8 Å². The standard InChI is InChI=1S/C53H36N2/c1-5-16-39(17-6-1)50-36-51(55-52(54-50)40-18-7-2-8-19-40)43-21-15-20-41(34-43)37-28-30-38(31-29-37)42-32-33-47-46-26-13-14-27-48(46)53(49(47)35-42,44-22-9-3-10-23-44)45-24-11-4-12-25-45/h1-36H. The van der Waals surface area contributed by atoms with Crippen LogP contribution in [0.15, 0.2) is 218 Å². The number of hydrogen-bond donors (Lipinski definition) is 0. The van der Waals surface area contributed by atoms with Gasteiger partial charge in [0.15, 0.2) is 5.82 Å². The van der Waals surface area contributed by atoms with Crippen LogP contribution < -0.4 is 0 Å². The Hall–Kier alpha value is -7.16. The largest absolute Gasteiger partial charge is 0.228 e. The fourth-order valence-corrected chi connectivity index (χ4v) is 8.41. The fourth-order valence-electron chi connectivity index (χ4n) is 8.41. The van der Waals surface area contributed by atoms with Gasteiger partial charge < -0.3 is 0 Å². The lowest BCUT2D eigenvalue weighted by Gasteiger charge is -2.34. The Balaban J connectivity index is 1.04. The number of nitrogens with zero attached hydrogens (tertiary/aromatic N) is 2. The van der Waals surface area contributed by atoms with E-state index in [2.05, 4.69) is 182 Å². The van der Waals surface area contributed by atoms with Crippen molar-refractivity contribution in [2.75, 3.05) is 0 Å². The molecular weight excluding hydrogens is 665 g/mol. The van der Waals surface area contributed by atoms with Gasteiger partial charge in [-0.2, -0.15) is 0 Å². The van der Waals surface area contributed by atoms with Gasteiger partial charge in [0.2, 0.25) is 0 Å². The Bertz CT molecular complexity index is 2680. The zero-order valence-corrected chi connectivity index (χ0v) is 30.2. The lowest BCUT2D eigenvalue weighted by atomic mass is 9.67. The van der Waals surface area contributed by atoms with E-state index in [4.69, 9.17) is 9.97 Å². The molecule has 8 aromatic carbocycles. The quantitative estimate of drug-likeness (QED) is 0.165. The van der Waals surface area contributed by atoms with E-state index in [0.717, 1.165) is 39.2 Å². The Morgan fingerprint density at radius 1 is 0.273 bits per heavy atom. The van der Waals surface area contributed by atoms with Crippen LogP contribution in [0.5, 0.6) is 0 Å². The molecule has 0 unspecified atom stereocenters. The third kappa shape index (κ3) is 5.67. The number of benzene rings is 8. The Morgan fingerprint density at radius 3 is 1.36 bits per heavy atom. The number of aromatic nitrogens is 2. The monoisotopic (exact) mass is 700 g/mol. The summed E-state index contributed by atoms with van der Waals surface area (Å²) in [6.07, 6.45) is 0. The molecule has 1 aliphatic rings. The second-order valence-electron chi connectivity index (χ2n) is 14.1. The first kappa shape index (κ1) is 32.5.